The quantitative estimate of drug-likeness (QED) is 0.106. The average Bonchev–Trinajstić information content (AvgIpc) is 2.94. The van der Waals surface area contributed by atoms with Crippen molar-refractivity contribution in [3.63, 3.8) is 0 Å². The Bertz CT molecular complexity index is 510. The number of allylic oxidation sites excluding steroid dienone is 2. The zero-order valence-electron chi connectivity index (χ0n) is 30.2. The van der Waals surface area contributed by atoms with Gasteiger partial charge in [-0.2, -0.15) is 0 Å². The van der Waals surface area contributed by atoms with Gasteiger partial charge in [-0.05, 0) is 56.3 Å². The van der Waals surface area contributed by atoms with Crippen LogP contribution in [0, 0.1) is 23.7 Å². The van der Waals surface area contributed by atoms with Gasteiger partial charge in [0.05, 0.1) is 0 Å². The van der Waals surface area contributed by atoms with E-state index in [0.29, 0.717) is 0 Å². The van der Waals surface area contributed by atoms with Gasteiger partial charge in [-0.15, -0.1) is 0 Å². The van der Waals surface area contributed by atoms with E-state index in [9.17, 15) is 0 Å². The maximum Gasteiger partial charge on any atom is -0.0317 e. The second-order valence-corrected chi connectivity index (χ2v) is 14.9. The van der Waals surface area contributed by atoms with Crippen LogP contribution in [0.4, 0.5) is 0 Å². The van der Waals surface area contributed by atoms with Crippen molar-refractivity contribution >= 4 is 0 Å². The van der Waals surface area contributed by atoms with Gasteiger partial charge in [-0.3, -0.25) is 0 Å². The monoisotopic (exact) mass is 575 g/mol. The summed E-state index contributed by atoms with van der Waals surface area (Å²) in [5.41, 5.74) is 1.63. The van der Waals surface area contributed by atoms with Gasteiger partial charge in [0.25, 0.3) is 0 Å². The van der Waals surface area contributed by atoms with Gasteiger partial charge in [0, 0.05) is 0 Å². The van der Waals surface area contributed by atoms with Crippen LogP contribution in [0.15, 0.2) is 11.6 Å². The first-order valence-electron chi connectivity index (χ1n) is 19.6. The van der Waals surface area contributed by atoms with Crippen molar-refractivity contribution < 1.29 is 0 Å². The molecule has 0 saturated carbocycles. The molecule has 0 aromatic carbocycles. The van der Waals surface area contributed by atoms with Crippen LogP contribution in [0.1, 0.15) is 228 Å². The smallest absolute Gasteiger partial charge is 0.0317 e. The van der Waals surface area contributed by atoms with Crippen molar-refractivity contribution in [2.45, 2.75) is 228 Å². The lowest BCUT2D eigenvalue weighted by molar-refractivity contribution is 0.313. The number of rotatable bonds is 19. The maximum atomic E-state index is 2.55. The molecule has 0 amide bonds. The van der Waals surface area contributed by atoms with Crippen LogP contribution in [-0.2, 0) is 0 Å². The highest BCUT2D eigenvalue weighted by Crippen LogP contribution is 2.28. The van der Waals surface area contributed by atoms with Crippen molar-refractivity contribution in [1.82, 2.24) is 0 Å². The van der Waals surface area contributed by atoms with Gasteiger partial charge in [0.1, 0.15) is 0 Å². The lowest BCUT2D eigenvalue weighted by Crippen LogP contribution is -2.10. The zero-order valence-corrected chi connectivity index (χ0v) is 30.2. The molecular weight excluding hydrogens is 492 g/mol. The molecule has 1 aliphatic carbocycles. The molecule has 0 spiro atoms. The fraction of sp³-hybridized carbons (Fsp3) is 0.951. The van der Waals surface area contributed by atoms with Gasteiger partial charge in [0.2, 0.25) is 0 Å². The lowest BCUT2D eigenvalue weighted by atomic mass is 9.83. The minimum absolute atomic E-state index is 0.833. The summed E-state index contributed by atoms with van der Waals surface area (Å²) in [5, 5.41) is 0. The standard InChI is InChI=1S/C21H44.C20H38/c1-3-5-7-9-11-13-15-17-19-21-20-18-16-14-12-10-8-6-4-2;1-16(2)20-14-12-18(4)10-6-8-17(3)9-7-11-19(5)13-15-20/h3-21H2,1-2H3;12,16-17,19-20H,6-11,13-15H2,1-5H3/b;18-12-. The largest absolute Gasteiger partial charge is 0.0853 e. The fourth-order valence-corrected chi connectivity index (χ4v) is 6.66. The van der Waals surface area contributed by atoms with Crippen LogP contribution >= 0.6 is 0 Å². The molecule has 0 fully saturated rings. The lowest BCUT2D eigenvalue weighted by Gasteiger charge is -2.22. The normalized spacial score (nSPS) is 22.4. The second kappa shape index (κ2) is 31.2. The molecule has 0 saturated heterocycles. The van der Waals surface area contributed by atoms with Crippen LogP contribution in [0.3, 0.4) is 0 Å². The number of hydrogen-bond acceptors (Lipinski definition) is 0. The van der Waals surface area contributed by atoms with E-state index in [-0.39, 0.29) is 0 Å². The van der Waals surface area contributed by atoms with Crippen LogP contribution in [-0.4, -0.2) is 0 Å². The second-order valence-electron chi connectivity index (χ2n) is 14.9. The molecule has 1 aliphatic rings. The Hall–Kier alpha value is -0.260. The molecule has 0 aliphatic heterocycles. The van der Waals surface area contributed by atoms with E-state index in [4.69, 9.17) is 0 Å². The first-order valence-corrected chi connectivity index (χ1v) is 19.6. The van der Waals surface area contributed by atoms with E-state index >= 15 is 0 Å². The SMILES string of the molecule is C/C1=C/CC(C(C)C)CCC(C)CCCC(C)CCC1.CCCCCCCCCCCCCCCCCCCCC. The van der Waals surface area contributed by atoms with Crippen LogP contribution in [0.2, 0.25) is 0 Å². The highest BCUT2D eigenvalue weighted by atomic mass is 14.2. The van der Waals surface area contributed by atoms with Gasteiger partial charge in [-0.25, -0.2) is 0 Å². The van der Waals surface area contributed by atoms with Crippen molar-refractivity contribution in [2.24, 2.45) is 23.7 Å². The van der Waals surface area contributed by atoms with Crippen LogP contribution in [0.5, 0.6) is 0 Å². The third-order valence-corrected chi connectivity index (χ3v) is 10.1. The van der Waals surface area contributed by atoms with E-state index in [1.165, 1.54) is 180 Å². The minimum Gasteiger partial charge on any atom is -0.0853 e. The highest BCUT2D eigenvalue weighted by molar-refractivity contribution is 4.99. The van der Waals surface area contributed by atoms with Gasteiger partial charge >= 0.3 is 0 Å². The first-order chi connectivity index (χ1) is 19.9. The van der Waals surface area contributed by atoms with Crippen molar-refractivity contribution in [2.75, 3.05) is 0 Å². The Morgan fingerprint density at radius 2 is 0.902 bits per heavy atom. The van der Waals surface area contributed by atoms with Gasteiger partial charge < -0.3 is 0 Å². The van der Waals surface area contributed by atoms with E-state index in [0.717, 1.165) is 23.7 Å². The summed E-state index contributed by atoms with van der Waals surface area (Å²) in [6.45, 7) is 16.7. The third-order valence-electron chi connectivity index (χ3n) is 10.1. The van der Waals surface area contributed by atoms with Gasteiger partial charge in [-0.1, -0.05) is 207 Å². The molecule has 3 atom stereocenters. The summed E-state index contributed by atoms with van der Waals surface area (Å²) in [6.07, 6.45) is 43.1. The molecule has 0 N–H and O–H groups in total. The molecule has 0 radical (unpaired) electrons. The first kappa shape index (κ1) is 40.7. The third kappa shape index (κ3) is 29.6. The summed E-state index contributed by atoms with van der Waals surface area (Å²) in [5.74, 6) is 3.59. The van der Waals surface area contributed by atoms with Gasteiger partial charge in [0.15, 0.2) is 0 Å². The molecule has 246 valence electrons. The predicted octanol–water partition coefficient (Wildman–Crippen LogP) is 15.4. The average molecular weight is 575 g/mol. The minimum atomic E-state index is 0.833. The van der Waals surface area contributed by atoms with E-state index in [1.807, 2.05) is 0 Å². The topological polar surface area (TPSA) is 0 Å². The van der Waals surface area contributed by atoms with E-state index in [2.05, 4.69) is 54.5 Å². The Kier molecular flexibility index (Phi) is 31.0. The molecule has 41 heavy (non-hydrogen) atoms. The molecule has 0 aromatic heterocycles. The summed E-state index contributed by atoms with van der Waals surface area (Å²) in [6, 6.07) is 0. The predicted molar refractivity (Wildman–Crippen MR) is 191 cm³/mol. The summed E-state index contributed by atoms with van der Waals surface area (Å²) >= 11 is 0. The molecule has 0 nitrogen and oxygen atoms in total. The van der Waals surface area contributed by atoms with Crippen LogP contribution in [0.25, 0.3) is 0 Å². The number of hydrogen-bond donors (Lipinski definition) is 0. The molecule has 0 heterocycles. The number of unbranched alkanes of at least 4 members (excludes halogenated alkanes) is 18. The van der Waals surface area contributed by atoms with Crippen LogP contribution < -0.4 is 0 Å². The summed E-state index contributed by atoms with van der Waals surface area (Å²) in [4.78, 5) is 0. The zero-order chi connectivity index (χ0) is 30.4. The van der Waals surface area contributed by atoms with E-state index < -0.39 is 0 Å². The van der Waals surface area contributed by atoms with Crippen molar-refractivity contribution in [3.8, 4) is 0 Å². The molecule has 1 rings (SSSR count). The molecule has 0 aromatic rings. The highest BCUT2D eigenvalue weighted by Gasteiger charge is 2.15. The summed E-state index contributed by atoms with van der Waals surface area (Å²) < 4.78 is 0. The Labute approximate surface area is 263 Å². The Morgan fingerprint density at radius 3 is 1.29 bits per heavy atom. The molecule has 3 unspecified atom stereocenters. The Morgan fingerprint density at radius 1 is 0.537 bits per heavy atom. The molecule has 0 heteroatoms. The molecule has 0 bridgehead atoms. The Balaban J connectivity index is 0.000000781. The summed E-state index contributed by atoms with van der Waals surface area (Å²) in [7, 11) is 0. The van der Waals surface area contributed by atoms with E-state index in [1.54, 1.807) is 5.57 Å². The molecular formula is C41H82. The fourth-order valence-electron chi connectivity index (χ4n) is 6.66. The van der Waals surface area contributed by atoms with Crippen molar-refractivity contribution in [1.29, 1.82) is 0 Å². The maximum absolute atomic E-state index is 2.55. The van der Waals surface area contributed by atoms with Crippen molar-refractivity contribution in [3.05, 3.63) is 11.6 Å².